The summed E-state index contributed by atoms with van der Waals surface area (Å²) in [6.07, 6.45) is 4.56. The standard InChI is InChI=1S/C13H16O2S/c14-16(15,12-7-2-1-3-8-12)13-10-5-4-6-11(13)9-10/h1-3,7-8,10-11,13H,4-6,9H2/t10-,11+,13?. The third kappa shape index (κ3) is 1.41. The lowest BCUT2D eigenvalue weighted by Crippen LogP contribution is -2.50. The number of hydrogen-bond donors (Lipinski definition) is 0. The molecule has 16 heavy (non-hydrogen) atoms. The van der Waals surface area contributed by atoms with E-state index in [2.05, 4.69) is 0 Å². The highest BCUT2D eigenvalue weighted by Gasteiger charge is 2.50. The Balaban J connectivity index is 1.95. The van der Waals surface area contributed by atoms with Gasteiger partial charge < -0.3 is 0 Å². The van der Waals surface area contributed by atoms with Crippen LogP contribution in [0.1, 0.15) is 25.7 Å². The molecule has 3 heteroatoms. The SMILES string of the molecule is O=S(=O)(c1ccccc1)C1[C@@H]2CCC[C@H]1C2. The minimum atomic E-state index is -3.06. The number of hydrogen-bond acceptors (Lipinski definition) is 2. The van der Waals surface area contributed by atoms with Crippen molar-refractivity contribution in [2.45, 2.75) is 35.8 Å². The molecule has 0 spiro atoms. The van der Waals surface area contributed by atoms with Gasteiger partial charge in [-0.3, -0.25) is 0 Å². The quantitative estimate of drug-likeness (QED) is 0.791. The Hall–Kier alpha value is -0.830. The predicted molar refractivity (Wildman–Crippen MR) is 62.9 cm³/mol. The lowest BCUT2D eigenvalue weighted by Gasteiger charge is -2.48. The lowest BCUT2D eigenvalue weighted by molar-refractivity contribution is 0.121. The van der Waals surface area contributed by atoms with Gasteiger partial charge in [0.05, 0.1) is 10.1 Å². The summed E-state index contributed by atoms with van der Waals surface area (Å²) in [6.45, 7) is 0. The first kappa shape index (κ1) is 10.3. The summed E-state index contributed by atoms with van der Waals surface area (Å²) >= 11 is 0. The molecule has 2 saturated carbocycles. The van der Waals surface area contributed by atoms with E-state index in [0.29, 0.717) is 16.7 Å². The highest BCUT2D eigenvalue weighted by Crippen LogP contribution is 2.50. The Morgan fingerprint density at radius 3 is 2.19 bits per heavy atom. The van der Waals surface area contributed by atoms with Crippen molar-refractivity contribution < 1.29 is 8.42 Å². The molecule has 1 aromatic carbocycles. The number of benzene rings is 1. The molecule has 1 aromatic rings. The smallest absolute Gasteiger partial charge is 0.181 e. The van der Waals surface area contributed by atoms with E-state index in [1.807, 2.05) is 6.07 Å². The van der Waals surface area contributed by atoms with Crippen LogP contribution < -0.4 is 0 Å². The maximum atomic E-state index is 12.4. The fraction of sp³-hybridized carbons (Fsp3) is 0.538. The van der Waals surface area contributed by atoms with Crippen LogP contribution in [0.4, 0.5) is 0 Å². The second-order valence-corrected chi connectivity index (χ2v) is 7.12. The van der Waals surface area contributed by atoms with Crippen molar-refractivity contribution in [3.05, 3.63) is 30.3 Å². The molecule has 0 aromatic heterocycles. The van der Waals surface area contributed by atoms with Gasteiger partial charge in [0, 0.05) is 0 Å². The molecule has 0 heterocycles. The van der Waals surface area contributed by atoms with Crippen LogP contribution >= 0.6 is 0 Å². The monoisotopic (exact) mass is 236 g/mol. The Morgan fingerprint density at radius 1 is 1.00 bits per heavy atom. The Bertz CT molecular complexity index is 464. The first-order valence-electron chi connectivity index (χ1n) is 5.98. The van der Waals surface area contributed by atoms with Gasteiger partial charge in [-0.05, 0) is 43.2 Å². The zero-order valence-electron chi connectivity index (χ0n) is 9.17. The van der Waals surface area contributed by atoms with E-state index in [9.17, 15) is 8.42 Å². The van der Waals surface area contributed by atoms with Gasteiger partial charge in [0.15, 0.2) is 9.84 Å². The van der Waals surface area contributed by atoms with Gasteiger partial charge in [-0.15, -0.1) is 0 Å². The van der Waals surface area contributed by atoms with Crippen molar-refractivity contribution in [2.24, 2.45) is 11.8 Å². The van der Waals surface area contributed by atoms with Crippen molar-refractivity contribution in [3.63, 3.8) is 0 Å². The van der Waals surface area contributed by atoms with Crippen molar-refractivity contribution in [2.75, 3.05) is 0 Å². The summed E-state index contributed by atoms with van der Waals surface area (Å²) in [5.74, 6) is 0.868. The van der Waals surface area contributed by atoms with E-state index in [4.69, 9.17) is 0 Å². The topological polar surface area (TPSA) is 34.1 Å². The zero-order valence-corrected chi connectivity index (χ0v) is 9.99. The molecule has 0 N–H and O–H groups in total. The summed E-state index contributed by atoms with van der Waals surface area (Å²) in [5, 5.41) is -0.0800. The highest BCUT2D eigenvalue weighted by atomic mass is 32.2. The van der Waals surface area contributed by atoms with Gasteiger partial charge in [0.25, 0.3) is 0 Å². The van der Waals surface area contributed by atoms with Crippen molar-refractivity contribution in [1.82, 2.24) is 0 Å². The van der Waals surface area contributed by atoms with Crippen LogP contribution in [-0.2, 0) is 9.84 Å². The molecule has 0 aliphatic heterocycles. The molecule has 2 aliphatic rings. The van der Waals surface area contributed by atoms with Gasteiger partial charge in [-0.2, -0.15) is 0 Å². The zero-order chi connectivity index (χ0) is 11.2. The Labute approximate surface area is 96.6 Å². The van der Waals surface area contributed by atoms with Crippen LogP contribution in [0.15, 0.2) is 35.2 Å². The average molecular weight is 236 g/mol. The largest absolute Gasteiger partial charge is 0.223 e. The van der Waals surface area contributed by atoms with Crippen molar-refractivity contribution in [3.8, 4) is 0 Å². The van der Waals surface area contributed by atoms with Gasteiger partial charge in [0.1, 0.15) is 0 Å². The first-order valence-corrected chi connectivity index (χ1v) is 7.53. The van der Waals surface area contributed by atoms with Crippen LogP contribution in [0.2, 0.25) is 0 Å². The van der Waals surface area contributed by atoms with E-state index in [-0.39, 0.29) is 5.25 Å². The molecule has 1 unspecified atom stereocenters. The normalized spacial score (nSPS) is 33.1. The fourth-order valence-electron chi connectivity index (χ4n) is 3.33. The molecular weight excluding hydrogens is 220 g/mol. The van der Waals surface area contributed by atoms with Gasteiger partial charge in [-0.25, -0.2) is 8.42 Å². The van der Waals surface area contributed by atoms with Crippen LogP contribution in [0.5, 0.6) is 0 Å². The molecule has 0 amide bonds. The summed E-state index contributed by atoms with van der Waals surface area (Å²) in [7, 11) is -3.06. The third-order valence-corrected chi connectivity index (χ3v) is 6.53. The molecule has 2 nitrogen and oxygen atoms in total. The molecule has 3 atom stereocenters. The average Bonchev–Trinajstić information content (AvgIpc) is 2.30. The second-order valence-electron chi connectivity index (χ2n) is 5.01. The minimum absolute atomic E-state index is 0.0800. The molecule has 0 saturated heterocycles. The number of rotatable bonds is 2. The van der Waals surface area contributed by atoms with Crippen LogP contribution in [0.3, 0.4) is 0 Å². The van der Waals surface area contributed by atoms with E-state index in [1.165, 1.54) is 6.42 Å². The number of sulfone groups is 1. The van der Waals surface area contributed by atoms with E-state index >= 15 is 0 Å². The highest BCUT2D eigenvalue weighted by molar-refractivity contribution is 7.92. The van der Waals surface area contributed by atoms with Crippen LogP contribution in [0.25, 0.3) is 0 Å². The van der Waals surface area contributed by atoms with Crippen molar-refractivity contribution >= 4 is 9.84 Å². The van der Waals surface area contributed by atoms with Crippen molar-refractivity contribution in [1.29, 1.82) is 0 Å². The Morgan fingerprint density at radius 2 is 1.62 bits per heavy atom. The van der Waals surface area contributed by atoms with Gasteiger partial charge in [-0.1, -0.05) is 24.6 Å². The van der Waals surface area contributed by atoms with E-state index in [0.717, 1.165) is 19.3 Å². The molecule has 3 rings (SSSR count). The number of fused-ring (bicyclic) bond motifs is 2. The minimum Gasteiger partial charge on any atom is -0.223 e. The second kappa shape index (κ2) is 3.59. The Kier molecular flexibility index (Phi) is 2.32. The van der Waals surface area contributed by atoms with Gasteiger partial charge in [0.2, 0.25) is 0 Å². The molecule has 2 fully saturated rings. The molecule has 2 aliphatic carbocycles. The first-order chi connectivity index (χ1) is 7.69. The third-order valence-electron chi connectivity index (χ3n) is 4.11. The fourth-order valence-corrected chi connectivity index (χ4v) is 5.69. The van der Waals surface area contributed by atoms with E-state index in [1.54, 1.807) is 24.3 Å². The van der Waals surface area contributed by atoms with Gasteiger partial charge >= 0.3 is 0 Å². The molecule has 86 valence electrons. The van der Waals surface area contributed by atoms with Crippen LogP contribution in [-0.4, -0.2) is 13.7 Å². The summed E-state index contributed by atoms with van der Waals surface area (Å²) in [4.78, 5) is 0.511. The summed E-state index contributed by atoms with van der Waals surface area (Å²) in [5.41, 5.74) is 0. The molecule has 2 bridgehead atoms. The maximum Gasteiger partial charge on any atom is 0.181 e. The van der Waals surface area contributed by atoms with E-state index < -0.39 is 9.84 Å². The molecule has 0 radical (unpaired) electrons. The summed E-state index contributed by atoms with van der Waals surface area (Å²) in [6, 6.07) is 8.93. The predicted octanol–water partition coefficient (Wildman–Crippen LogP) is 2.65. The van der Waals surface area contributed by atoms with Crippen LogP contribution in [0, 0.1) is 11.8 Å². The lowest BCUT2D eigenvalue weighted by atomic mass is 9.65. The summed E-state index contributed by atoms with van der Waals surface area (Å²) < 4.78 is 24.9. The molecular formula is C13H16O2S. The maximum absolute atomic E-state index is 12.4.